The van der Waals surface area contributed by atoms with Gasteiger partial charge in [0.1, 0.15) is 5.75 Å². The van der Waals surface area contributed by atoms with Crippen molar-refractivity contribution in [3.63, 3.8) is 0 Å². The molecule has 1 amide bonds. The molecule has 1 aromatic rings. The first kappa shape index (κ1) is 17.6. The average molecular weight is 295 g/mol. The fourth-order valence-corrected chi connectivity index (χ4v) is 1.43. The molecular weight excluding hydrogens is 278 g/mol. The van der Waals surface area contributed by atoms with Crippen molar-refractivity contribution in [2.24, 2.45) is 5.73 Å². The van der Waals surface area contributed by atoms with Crippen LogP contribution in [0.2, 0.25) is 0 Å². The topological polar surface area (TPSA) is 64.4 Å². The Kier molecular flexibility index (Phi) is 8.02. The summed E-state index contributed by atoms with van der Waals surface area (Å²) in [5.74, 6) is -0.349. The van der Waals surface area contributed by atoms with Crippen molar-refractivity contribution >= 4 is 24.0 Å². The molecule has 0 aromatic heterocycles. The van der Waals surface area contributed by atoms with Crippen LogP contribution in [-0.2, 0) is 4.79 Å². The van der Waals surface area contributed by atoms with E-state index in [-0.39, 0.29) is 24.1 Å². The number of hydrogen-bond acceptors (Lipinski definition) is 3. The van der Waals surface area contributed by atoms with Gasteiger partial charge in [0.25, 0.3) is 0 Å². The second-order valence-corrected chi connectivity index (χ2v) is 3.79. The lowest BCUT2D eigenvalue weighted by molar-refractivity contribution is -0.117. The molecule has 0 saturated heterocycles. The van der Waals surface area contributed by atoms with Crippen molar-refractivity contribution in [3.05, 3.63) is 24.3 Å². The van der Waals surface area contributed by atoms with Crippen molar-refractivity contribution in [1.82, 2.24) is 0 Å². The van der Waals surface area contributed by atoms with Crippen LogP contribution in [-0.4, -0.2) is 18.6 Å². The van der Waals surface area contributed by atoms with Gasteiger partial charge in [-0.3, -0.25) is 4.79 Å². The molecule has 0 heterocycles. The highest BCUT2D eigenvalue weighted by Crippen LogP contribution is 2.19. The van der Waals surface area contributed by atoms with Crippen molar-refractivity contribution in [2.45, 2.75) is 32.4 Å². The summed E-state index contributed by atoms with van der Waals surface area (Å²) in [7, 11) is 0. The third-order valence-electron chi connectivity index (χ3n) is 2.26. The van der Waals surface area contributed by atoms with Crippen molar-refractivity contribution < 1.29 is 18.3 Å². The van der Waals surface area contributed by atoms with E-state index in [1.807, 2.05) is 6.92 Å². The highest BCUT2D eigenvalue weighted by Gasteiger charge is 2.12. The maximum atomic E-state index is 12.0. The van der Waals surface area contributed by atoms with Crippen LogP contribution in [0.5, 0.6) is 5.75 Å². The number of halogens is 3. The molecule has 0 bridgehead atoms. The van der Waals surface area contributed by atoms with Gasteiger partial charge in [-0.05, 0) is 18.6 Å². The second kappa shape index (κ2) is 8.66. The van der Waals surface area contributed by atoms with Crippen LogP contribution in [0, 0.1) is 0 Å². The van der Waals surface area contributed by atoms with Crippen LogP contribution in [0.15, 0.2) is 24.3 Å². The molecule has 1 unspecified atom stereocenters. The minimum absolute atomic E-state index is 0. The van der Waals surface area contributed by atoms with Gasteiger partial charge in [0.15, 0.2) is 0 Å². The minimum Gasteiger partial charge on any atom is -0.435 e. The molecule has 0 aliphatic rings. The summed E-state index contributed by atoms with van der Waals surface area (Å²) in [5.41, 5.74) is 6.01. The zero-order valence-electron chi connectivity index (χ0n) is 10.4. The molecular formula is C12H17ClF2N2O2. The number of rotatable bonds is 6. The standard InChI is InChI=1S/C12H16F2N2O2.ClH/c1-2-4-10(15)11(17)16-8-5-3-6-9(7-8)18-12(13)14;/h3,5-7,10,12H,2,4,15H2,1H3,(H,16,17);1H. The summed E-state index contributed by atoms with van der Waals surface area (Å²) >= 11 is 0. The Morgan fingerprint density at radius 3 is 2.74 bits per heavy atom. The molecule has 0 fully saturated rings. The number of benzene rings is 1. The summed E-state index contributed by atoms with van der Waals surface area (Å²) in [6.07, 6.45) is 1.36. The van der Waals surface area contributed by atoms with Crippen LogP contribution in [0.3, 0.4) is 0 Å². The zero-order valence-corrected chi connectivity index (χ0v) is 11.3. The smallest absolute Gasteiger partial charge is 0.387 e. The number of amides is 1. The maximum absolute atomic E-state index is 12.0. The monoisotopic (exact) mass is 294 g/mol. The van der Waals surface area contributed by atoms with Gasteiger partial charge in [0, 0.05) is 11.8 Å². The van der Waals surface area contributed by atoms with E-state index in [0.29, 0.717) is 12.1 Å². The number of carbonyl (C=O) groups excluding carboxylic acids is 1. The molecule has 0 radical (unpaired) electrons. The Hall–Kier alpha value is -1.40. The Bertz CT molecular complexity index is 405. The lowest BCUT2D eigenvalue weighted by Gasteiger charge is -2.12. The van der Waals surface area contributed by atoms with Gasteiger partial charge in [0.2, 0.25) is 5.91 Å². The summed E-state index contributed by atoms with van der Waals surface area (Å²) < 4.78 is 28.3. The number of hydrogen-bond donors (Lipinski definition) is 2. The highest BCUT2D eigenvalue weighted by atomic mass is 35.5. The first-order chi connectivity index (χ1) is 8.52. The predicted octanol–water partition coefficient (Wildman–Crippen LogP) is 2.78. The summed E-state index contributed by atoms with van der Waals surface area (Å²) in [5, 5.41) is 2.55. The van der Waals surface area contributed by atoms with E-state index in [1.54, 1.807) is 6.07 Å². The maximum Gasteiger partial charge on any atom is 0.387 e. The number of anilines is 1. The van der Waals surface area contributed by atoms with E-state index in [0.717, 1.165) is 6.42 Å². The van der Waals surface area contributed by atoms with Gasteiger partial charge in [-0.25, -0.2) is 0 Å². The van der Waals surface area contributed by atoms with E-state index in [2.05, 4.69) is 10.1 Å². The highest BCUT2D eigenvalue weighted by molar-refractivity contribution is 5.94. The van der Waals surface area contributed by atoms with Crippen LogP contribution in [0.25, 0.3) is 0 Å². The van der Waals surface area contributed by atoms with E-state index in [4.69, 9.17) is 5.73 Å². The van der Waals surface area contributed by atoms with Gasteiger partial charge >= 0.3 is 6.61 Å². The lowest BCUT2D eigenvalue weighted by Crippen LogP contribution is -2.35. The summed E-state index contributed by atoms with van der Waals surface area (Å²) in [6, 6.07) is 5.19. The zero-order chi connectivity index (χ0) is 13.5. The van der Waals surface area contributed by atoms with Gasteiger partial charge in [-0.15, -0.1) is 12.4 Å². The fraction of sp³-hybridized carbons (Fsp3) is 0.417. The van der Waals surface area contributed by atoms with Crippen LogP contribution >= 0.6 is 12.4 Å². The molecule has 0 saturated carbocycles. The Morgan fingerprint density at radius 2 is 2.16 bits per heavy atom. The predicted molar refractivity (Wildman–Crippen MR) is 71.8 cm³/mol. The third kappa shape index (κ3) is 6.35. The van der Waals surface area contributed by atoms with Gasteiger partial charge < -0.3 is 15.8 Å². The van der Waals surface area contributed by atoms with Crippen LogP contribution in [0.4, 0.5) is 14.5 Å². The normalized spacial score (nSPS) is 11.6. The van der Waals surface area contributed by atoms with Gasteiger partial charge in [-0.2, -0.15) is 8.78 Å². The van der Waals surface area contributed by atoms with Gasteiger partial charge in [-0.1, -0.05) is 19.4 Å². The first-order valence-electron chi connectivity index (χ1n) is 5.64. The van der Waals surface area contributed by atoms with E-state index < -0.39 is 12.7 Å². The second-order valence-electron chi connectivity index (χ2n) is 3.79. The van der Waals surface area contributed by atoms with Crippen molar-refractivity contribution in [1.29, 1.82) is 0 Å². The van der Waals surface area contributed by atoms with Crippen LogP contribution < -0.4 is 15.8 Å². The number of nitrogens with one attached hydrogen (secondary N) is 1. The summed E-state index contributed by atoms with van der Waals surface area (Å²) in [4.78, 5) is 11.6. The molecule has 0 spiro atoms. The molecule has 0 aliphatic carbocycles. The quantitative estimate of drug-likeness (QED) is 0.848. The lowest BCUT2D eigenvalue weighted by atomic mass is 10.1. The number of nitrogens with two attached hydrogens (primary N) is 1. The Balaban J connectivity index is 0.00000324. The molecule has 4 nitrogen and oxygen atoms in total. The number of alkyl halides is 2. The molecule has 1 rings (SSSR count). The summed E-state index contributed by atoms with van der Waals surface area (Å²) in [6.45, 7) is -0.970. The van der Waals surface area contributed by atoms with E-state index >= 15 is 0 Å². The molecule has 19 heavy (non-hydrogen) atoms. The molecule has 1 aromatic carbocycles. The fourth-order valence-electron chi connectivity index (χ4n) is 1.43. The minimum atomic E-state index is -2.89. The SMILES string of the molecule is CCCC(N)C(=O)Nc1cccc(OC(F)F)c1.Cl. The van der Waals surface area contributed by atoms with Crippen LogP contribution in [0.1, 0.15) is 19.8 Å². The van der Waals surface area contributed by atoms with Crippen molar-refractivity contribution in [2.75, 3.05) is 5.32 Å². The number of carbonyl (C=O) groups is 1. The van der Waals surface area contributed by atoms with E-state index in [9.17, 15) is 13.6 Å². The van der Waals surface area contributed by atoms with E-state index in [1.165, 1.54) is 18.2 Å². The molecule has 1 atom stereocenters. The molecule has 3 N–H and O–H groups in total. The molecule has 0 aliphatic heterocycles. The third-order valence-corrected chi connectivity index (χ3v) is 2.26. The number of ether oxygens (including phenoxy) is 1. The Morgan fingerprint density at radius 1 is 1.47 bits per heavy atom. The average Bonchev–Trinajstić information content (AvgIpc) is 2.28. The largest absolute Gasteiger partial charge is 0.435 e. The molecule has 7 heteroatoms. The van der Waals surface area contributed by atoms with Gasteiger partial charge in [0.05, 0.1) is 6.04 Å². The van der Waals surface area contributed by atoms with Crippen molar-refractivity contribution in [3.8, 4) is 5.75 Å². The Labute approximate surface area is 116 Å². The first-order valence-corrected chi connectivity index (χ1v) is 5.64. The molecule has 108 valence electrons.